The van der Waals surface area contributed by atoms with Crippen LogP contribution in [0.25, 0.3) is 0 Å². The van der Waals surface area contributed by atoms with E-state index in [1.807, 2.05) is 14.1 Å². The van der Waals surface area contributed by atoms with Crippen molar-refractivity contribution in [1.82, 2.24) is 9.55 Å². The number of anilines is 1. The molecule has 0 fully saturated rings. The van der Waals surface area contributed by atoms with Crippen molar-refractivity contribution < 1.29 is 13.2 Å². The minimum absolute atomic E-state index is 0.0451. The minimum Gasteiger partial charge on any atom is -0.363 e. The van der Waals surface area contributed by atoms with E-state index in [1.165, 1.54) is 0 Å². The molecule has 0 aromatic carbocycles. The Kier molecular flexibility index (Phi) is 4.02. The van der Waals surface area contributed by atoms with Crippen LogP contribution in [-0.2, 0) is 12.7 Å². The maximum atomic E-state index is 12.6. The summed E-state index contributed by atoms with van der Waals surface area (Å²) in [6, 6.07) is 5.18. The Morgan fingerprint density at radius 3 is 2.43 bits per heavy atom. The molecule has 0 saturated carbocycles. The van der Waals surface area contributed by atoms with Gasteiger partial charge in [0, 0.05) is 32.6 Å². The van der Waals surface area contributed by atoms with Crippen LogP contribution in [0.4, 0.5) is 19.0 Å². The molecule has 0 N–H and O–H groups in total. The van der Waals surface area contributed by atoms with E-state index < -0.39 is 17.3 Å². The number of hydrogen-bond donors (Lipinski definition) is 0. The molecule has 2 heterocycles. The van der Waals surface area contributed by atoms with E-state index in [1.54, 1.807) is 23.2 Å². The summed E-state index contributed by atoms with van der Waals surface area (Å²) in [5, 5.41) is 0. The van der Waals surface area contributed by atoms with Crippen molar-refractivity contribution in [2.24, 2.45) is 0 Å². The Hall–Kier alpha value is -2.31. The molecule has 0 saturated heterocycles. The van der Waals surface area contributed by atoms with Gasteiger partial charge in [-0.25, -0.2) is 4.98 Å². The second-order valence-electron chi connectivity index (χ2n) is 4.80. The lowest BCUT2D eigenvalue weighted by Crippen LogP contribution is -2.22. The summed E-state index contributed by atoms with van der Waals surface area (Å²) >= 11 is 0. The van der Waals surface area contributed by atoms with E-state index in [9.17, 15) is 18.0 Å². The van der Waals surface area contributed by atoms with Gasteiger partial charge < -0.3 is 9.47 Å². The second kappa shape index (κ2) is 5.59. The molecule has 4 nitrogen and oxygen atoms in total. The van der Waals surface area contributed by atoms with E-state index in [0.717, 1.165) is 28.7 Å². The highest BCUT2D eigenvalue weighted by Gasteiger charge is 2.31. The average Bonchev–Trinajstić information content (AvgIpc) is 2.40. The lowest BCUT2D eigenvalue weighted by molar-refractivity contribution is -0.138. The predicted octanol–water partition coefficient (Wildman–Crippen LogP) is 2.38. The number of halogens is 3. The maximum Gasteiger partial charge on any atom is 0.417 e. The molecule has 0 bridgehead atoms. The third kappa shape index (κ3) is 3.62. The van der Waals surface area contributed by atoms with Crippen molar-refractivity contribution in [2.75, 3.05) is 19.0 Å². The van der Waals surface area contributed by atoms with E-state index >= 15 is 0 Å². The summed E-state index contributed by atoms with van der Waals surface area (Å²) in [6.45, 7) is 0.0451. The highest BCUT2D eigenvalue weighted by atomic mass is 19.4. The van der Waals surface area contributed by atoms with Gasteiger partial charge in [0.2, 0.25) is 0 Å². The van der Waals surface area contributed by atoms with Gasteiger partial charge in [-0.05, 0) is 17.7 Å². The van der Waals surface area contributed by atoms with Gasteiger partial charge in [0.25, 0.3) is 5.56 Å². The maximum absolute atomic E-state index is 12.6. The lowest BCUT2D eigenvalue weighted by Gasteiger charge is -2.13. The number of rotatable bonds is 3. The molecular weight excluding hydrogens is 283 g/mol. The molecule has 0 atom stereocenters. The fourth-order valence-corrected chi connectivity index (χ4v) is 1.79. The van der Waals surface area contributed by atoms with Gasteiger partial charge in [0.1, 0.15) is 5.82 Å². The Bertz CT molecular complexity index is 675. The van der Waals surface area contributed by atoms with Gasteiger partial charge in [0.15, 0.2) is 0 Å². The van der Waals surface area contributed by atoms with Crippen LogP contribution in [-0.4, -0.2) is 23.6 Å². The summed E-state index contributed by atoms with van der Waals surface area (Å²) in [7, 11) is 3.67. The van der Waals surface area contributed by atoms with E-state index in [2.05, 4.69) is 4.98 Å². The molecule has 0 aliphatic heterocycles. The summed E-state index contributed by atoms with van der Waals surface area (Å²) in [5.74, 6) is 0.732. The average molecular weight is 297 g/mol. The van der Waals surface area contributed by atoms with Gasteiger partial charge in [-0.3, -0.25) is 4.79 Å². The molecule has 2 aromatic rings. The second-order valence-corrected chi connectivity index (χ2v) is 4.80. The molecule has 0 amide bonds. The van der Waals surface area contributed by atoms with Crippen LogP contribution in [0.1, 0.15) is 11.1 Å². The predicted molar refractivity (Wildman–Crippen MR) is 73.4 cm³/mol. The molecule has 0 spiro atoms. The molecule has 112 valence electrons. The third-order valence-electron chi connectivity index (χ3n) is 2.93. The van der Waals surface area contributed by atoms with Gasteiger partial charge in [0.05, 0.1) is 12.1 Å². The van der Waals surface area contributed by atoms with Gasteiger partial charge in [-0.1, -0.05) is 6.07 Å². The van der Waals surface area contributed by atoms with Crippen molar-refractivity contribution in [3.8, 4) is 0 Å². The third-order valence-corrected chi connectivity index (χ3v) is 2.93. The van der Waals surface area contributed by atoms with Gasteiger partial charge >= 0.3 is 6.18 Å². The van der Waals surface area contributed by atoms with Crippen molar-refractivity contribution >= 4 is 5.82 Å². The number of aromatic nitrogens is 2. The Morgan fingerprint density at radius 2 is 1.90 bits per heavy atom. The topological polar surface area (TPSA) is 38.1 Å². The first-order valence-corrected chi connectivity index (χ1v) is 6.17. The SMILES string of the molecule is CN(C)c1ccc(Cn2cc(C(F)(F)F)ccc2=O)cn1. The van der Waals surface area contributed by atoms with Gasteiger partial charge in [-0.15, -0.1) is 0 Å². The monoisotopic (exact) mass is 297 g/mol. The first-order chi connectivity index (χ1) is 9.77. The van der Waals surface area contributed by atoms with E-state index in [4.69, 9.17) is 0 Å². The highest BCUT2D eigenvalue weighted by Crippen LogP contribution is 2.28. The van der Waals surface area contributed by atoms with Crippen LogP contribution >= 0.6 is 0 Å². The van der Waals surface area contributed by atoms with Crippen LogP contribution in [0.5, 0.6) is 0 Å². The molecule has 0 aliphatic carbocycles. The summed E-state index contributed by atoms with van der Waals surface area (Å²) in [5.41, 5.74) is -0.679. The van der Waals surface area contributed by atoms with Crippen LogP contribution in [0.15, 0.2) is 41.5 Å². The number of hydrogen-bond acceptors (Lipinski definition) is 3. The fourth-order valence-electron chi connectivity index (χ4n) is 1.79. The van der Waals surface area contributed by atoms with Crippen molar-refractivity contribution in [3.05, 3.63) is 58.1 Å². The number of alkyl halides is 3. The molecule has 21 heavy (non-hydrogen) atoms. The van der Waals surface area contributed by atoms with Crippen LogP contribution < -0.4 is 10.5 Å². The largest absolute Gasteiger partial charge is 0.417 e. The summed E-state index contributed by atoms with van der Waals surface area (Å²) in [6.07, 6.45) is -2.10. The quantitative estimate of drug-likeness (QED) is 0.873. The van der Waals surface area contributed by atoms with Crippen LogP contribution in [0, 0.1) is 0 Å². The number of pyridine rings is 2. The van der Waals surface area contributed by atoms with Gasteiger partial charge in [-0.2, -0.15) is 13.2 Å². The molecule has 0 radical (unpaired) electrons. The van der Waals surface area contributed by atoms with Crippen LogP contribution in [0.2, 0.25) is 0 Å². The number of nitrogens with zero attached hydrogens (tertiary/aromatic N) is 3. The normalized spacial score (nSPS) is 11.5. The Labute approximate surface area is 119 Å². The zero-order chi connectivity index (χ0) is 15.6. The summed E-state index contributed by atoms with van der Waals surface area (Å²) in [4.78, 5) is 17.6. The zero-order valence-corrected chi connectivity index (χ0v) is 11.6. The van der Waals surface area contributed by atoms with E-state index in [-0.39, 0.29) is 6.54 Å². The fraction of sp³-hybridized carbons (Fsp3) is 0.286. The van der Waals surface area contributed by atoms with Crippen molar-refractivity contribution in [2.45, 2.75) is 12.7 Å². The molecule has 7 heteroatoms. The summed E-state index contributed by atoms with van der Waals surface area (Å²) < 4.78 is 39.0. The first-order valence-electron chi connectivity index (χ1n) is 6.17. The van der Waals surface area contributed by atoms with Crippen LogP contribution in [0.3, 0.4) is 0 Å². The molecular formula is C14H14F3N3O. The zero-order valence-electron chi connectivity index (χ0n) is 11.6. The molecule has 0 unspecified atom stereocenters. The van der Waals surface area contributed by atoms with Crippen molar-refractivity contribution in [1.29, 1.82) is 0 Å². The molecule has 2 aromatic heterocycles. The minimum atomic E-state index is -4.47. The Balaban J connectivity index is 2.28. The first kappa shape index (κ1) is 15.1. The highest BCUT2D eigenvalue weighted by molar-refractivity contribution is 5.37. The molecule has 2 rings (SSSR count). The van der Waals surface area contributed by atoms with E-state index in [0.29, 0.717) is 5.56 Å². The lowest BCUT2D eigenvalue weighted by atomic mass is 10.2. The standard InChI is InChI=1S/C14H14F3N3O/c1-19(2)12-5-3-10(7-18-12)8-20-9-11(14(15,16)17)4-6-13(20)21/h3-7,9H,8H2,1-2H3. The molecule has 0 aliphatic rings. The van der Waals surface area contributed by atoms with Crippen molar-refractivity contribution in [3.63, 3.8) is 0 Å². The smallest absolute Gasteiger partial charge is 0.363 e. The Morgan fingerprint density at radius 1 is 1.19 bits per heavy atom.